The number of aryl methyl sites for hydroxylation is 1. The zero-order valence-corrected chi connectivity index (χ0v) is 15.2. The van der Waals surface area contributed by atoms with Gasteiger partial charge in [0.1, 0.15) is 5.82 Å². The van der Waals surface area contributed by atoms with E-state index in [-0.39, 0.29) is 23.1 Å². The number of nitrogens with zero attached hydrogens (tertiary/aromatic N) is 2. The van der Waals surface area contributed by atoms with Crippen LogP contribution in [0.5, 0.6) is 0 Å². The first-order valence-electron chi connectivity index (χ1n) is 8.46. The number of para-hydroxylation sites is 2. The second kappa shape index (κ2) is 7.16. The van der Waals surface area contributed by atoms with Gasteiger partial charge in [-0.15, -0.1) is 0 Å². The fourth-order valence-electron chi connectivity index (χ4n) is 2.60. The second-order valence-electron chi connectivity index (χ2n) is 7.28. The van der Waals surface area contributed by atoms with Crippen LogP contribution in [0.15, 0.2) is 24.3 Å². The van der Waals surface area contributed by atoms with Crippen molar-refractivity contribution < 1.29 is 9.59 Å². The molecule has 0 saturated heterocycles. The number of ketones is 1. The minimum absolute atomic E-state index is 0.0492. The van der Waals surface area contributed by atoms with Crippen LogP contribution in [0.3, 0.4) is 0 Å². The van der Waals surface area contributed by atoms with Crippen LogP contribution in [-0.2, 0) is 16.0 Å². The highest BCUT2D eigenvalue weighted by molar-refractivity contribution is 5.84. The van der Waals surface area contributed by atoms with Crippen LogP contribution in [-0.4, -0.2) is 27.8 Å². The topological polar surface area (TPSA) is 64.0 Å². The summed E-state index contributed by atoms with van der Waals surface area (Å²) in [5.74, 6) is 1.05. The molecule has 24 heavy (non-hydrogen) atoms. The molecule has 1 aromatic carbocycles. The van der Waals surface area contributed by atoms with Crippen LogP contribution in [0.1, 0.15) is 52.9 Å². The molecule has 5 nitrogen and oxygen atoms in total. The molecule has 0 bridgehead atoms. The van der Waals surface area contributed by atoms with Crippen LogP contribution in [0, 0.1) is 5.41 Å². The lowest BCUT2D eigenvalue weighted by Gasteiger charge is -2.18. The Morgan fingerprint density at radius 2 is 1.92 bits per heavy atom. The Balaban J connectivity index is 2.12. The van der Waals surface area contributed by atoms with Crippen molar-refractivity contribution >= 4 is 22.7 Å². The molecule has 2 aromatic rings. The number of amides is 1. The van der Waals surface area contributed by atoms with Crippen molar-refractivity contribution in [3.8, 4) is 0 Å². The Bertz CT molecular complexity index is 741. The van der Waals surface area contributed by atoms with Crippen LogP contribution in [0.4, 0.5) is 0 Å². The van der Waals surface area contributed by atoms with E-state index in [2.05, 4.69) is 10.3 Å². The number of carbonyl (C=O) groups excluding carboxylic acids is 2. The van der Waals surface area contributed by atoms with Crippen molar-refractivity contribution in [2.75, 3.05) is 6.54 Å². The van der Waals surface area contributed by atoms with Gasteiger partial charge in [-0.1, -0.05) is 32.9 Å². The van der Waals surface area contributed by atoms with E-state index in [9.17, 15) is 9.59 Å². The lowest BCUT2D eigenvalue weighted by molar-refractivity contribution is -0.128. The smallest absolute Gasteiger partial charge is 0.225 e. The van der Waals surface area contributed by atoms with Gasteiger partial charge in [0, 0.05) is 18.4 Å². The van der Waals surface area contributed by atoms with E-state index in [0.29, 0.717) is 6.54 Å². The highest BCUT2D eigenvalue weighted by atomic mass is 16.2. The van der Waals surface area contributed by atoms with Gasteiger partial charge in [-0.25, -0.2) is 4.98 Å². The van der Waals surface area contributed by atoms with Gasteiger partial charge in [0.25, 0.3) is 0 Å². The number of fused-ring (bicyclic) bond motifs is 1. The summed E-state index contributed by atoms with van der Waals surface area (Å²) in [7, 11) is 0. The van der Waals surface area contributed by atoms with Crippen molar-refractivity contribution in [1.29, 1.82) is 0 Å². The molecule has 0 radical (unpaired) electrons. The van der Waals surface area contributed by atoms with Gasteiger partial charge in [0.2, 0.25) is 5.91 Å². The summed E-state index contributed by atoms with van der Waals surface area (Å²) in [5, 5.41) is 2.96. The third-order valence-electron chi connectivity index (χ3n) is 4.19. The molecule has 1 amide bonds. The quantitative estimate of drug-likeness (QED) is 0.827. The standard InChI is InChI=1S/C19H27N3O2/c1-13(14(2)23)22-16-10-7-6-9-15(16)21-17(22)11-8-12-20-18(24)19(3,4)5/h6-7,9-10,13H,8,11-12H2,1-5H3,(H,20,24). The Kier molecular flexibility index (Phi) is 5.42. The number of hydrogen-bond donors (Lipinski definition) is 1. The van der Waals surface area contributed by atoms with Gasteiger partial charge in [-0.2, -0.15) is 0 Å². The monoisotopic (exact) mass is 329 g/mol. The van der Waals surface area contributed by atoms with Crippen molar-refractivity contribution in [2.45, 2.75) is 53.5 Å². The third kappa shape index (κ3) is 4.02. The average Bonchev–Trinajstić information content (AvgIpc) is 2.87. The first-order chi connectivity index (χ1) is 11.2. The summed E-state index contributed by atoms with van der Waals surface area (Å²) in [6.45, 7) is 9.81. The maximum absolute atomic E-state index is 11.9. The van der Waals surface area contributed by atoms with Gasteiger partial charge < -0.3 is 9.88 Å². The molecule has 1 unspecified atom stereocenters. The number of imidazole rings is 1. The molecule has 0 aliphatic carbocycles. The average molecular weight is 329 g/mol. The van der Waals surface area contributed by atoms with Crippen molar-refractivity contribution in [3.05, 3.63) is 30.1 Å². The first-order valence-corrected chi connectivity index (χ1v) is 8.46. The van der Waals surface area contributed by atoms with E-state index < -0.39 is 0 Å². The second-order valence-corrected chi connectivity index (χ2v) is 7.28. The lowest BCUT2D eigenvalue weighted by Crippen LogP contribution is -2.35. The highest BCUT2D eigenvalue weighted by Crippen LogP contribution is 2.22. The first kappa shape index (κ1) is 18.2. The predicted molar refractivity (Wildman–Crippen MR) is 95.9 cm³/mol. The van der Waals surface area contributed by atoms with Crippen LogP contribution in [0.25, 0.3) is 11.0 Å². The molecule has 0 fully saturated rings. The van der Waals surface area contributed by atoms with Gasteiger partial charge in [0.15, 0.2) is 5.78 Å². The number of benzene rings is 1. The molecule has 1 N–H and O–H groups in total. The Labute approximate surface area is 143 Å². The summed E-state index contributed by atoms with van der Waals surface area (Å²) in [6.07, 6.45) is 1.51. The maximum Gasteiger partial charge on any atom is 0.225 e. The molecular weight excluding hydrogens is 302 g/mol. The maximum atomic E-state index is 11.9. The zero-order chi connectivity index (χ0) is 17.9. The normalized spacial score (nSPS) is 13.0. The van der Waals surface area contributed by atoms with E-state index in [1.807, 2.05) is 56.5 Å². The molecule has 1 heterocycles. The van der Waals surface area contributed by atoms with E-state index in [4.69, 9.17) is 0 Å². The Morgan fingerprint density at radius 3 is 2.54 bits per heavy atom. The third-order valence-corrected chi connectivity index (χ3v) is 4.19. The number of hydrogen-bond acceptors (Lipinski definition) is 3. The molecule has 1 atom stereocenters. The van der Waals surface area contributed by atoms with Crippen LogP contribution < -0.4 is 5.32 Å². The minimum atomic E-state index is -0.379. The summed E-state index contributed by atoms with van der Waals surface area (Å²) >= 11 is 0. The molecule has 130 valence electrons. The number of Topliss-reactive ketones (excluding diaryl/α,β-unsaturated/α-hetero) is 1. The largest absolute Gasteiger partial charge is 0.356 e. The van der Waals surface area contributed by atoms with Crippen molar-refractivity contribution in [2.24, 2.45) is 5.41 Å². The fourth-order valence-corrected chi connectivity index (χ4v) is 2.60. The number of nitrogens with one attached hydrogen (secondary N) is 1. The zero-order valence-electron chi connectivity index (χ0n) is 15.2. The molecule has 0 aliphatic heterocycles. The molecule has 0 saturated carbocycles. The van der Waals surface area contributed by atoms with E-state index in [0.717, 1.165) is 29.7 Å². The number of carbonyl (C=O) groups is 2. The van der Waals surface area contributed by atoms with Crippen molar-refractivity contribution in [3.63, 3.8) is 0 Å². The molecule has 1 aromatic heterocycles. The molecule has 5 heteroatoms. The summed E-state index contributed by atoms with van der Waals surface area (Å²) in [5.41, 5.74) is 1.50. The van der Waals surface area contributed by atoms with E-state index in [1.165, 1.54) is 0 Å². The summed E-state index contributed by atoms with van der Waals surface area (Å²) < 4.78 is 2.02. The van der Waals surface area contributed by atoms with Crippen LogP contribution >= 0.6 is 0 Å². The van der Waals surface area contributed by atoms with Gasteiger partial charge in [0.05, 0.1) is 17.1 Å². The summed E-state index contributed by atoms with van der Waals surface area (Å²) in [6, 6.07) is 7.62. The summed E-state index contributed by atoms with van der Waals surface area (Å²) in [4.78, 5) is 28.4. The number of rotatable bonds is 6. The molecule has 0 aliphatic rings. The minimum Gasteiger partial charge on any atom is -0.356 e. The number of aromatic nitrogens is 2. The fraction of sp³-hybridized carbons (Fsp3) is 0.526. The van der Waals surface area contributed by atoms with Gasteiger partial charge >= 0.3 is 0 Å². The highest BCUT2D eigenvalue weighted by Gasteiger charge is 2.21. The Hall–Kier alpha value is -2.17. The molecule has 2 rings (SSSR count). The van der Waals surface area contributed by atoms with Gasteiger partial charge in [-0.3, -0.25) is 9.59 Å². The van der Waals surface area contributed by atoms with Gasteiger partial charge in [-0.05, 0) is 32.4 Å². The van der Waals surface area contributed by atoms with Crippen molar-refractivity contribution in [1.82, 2.24) is 14.9 Å². The van der Waals surface area contributed by atoms with E-state index >= 15 is 0 Å². The predicted octanol–water partition coefficient (Wildman–Crippen LogP) is 3.28. The molecular formula is C19H27N3O2. The van der Waals surface area contributed by atoms with E-state index in [1.54, 1.807) is 6.92 Å². The SMILES string of the molecule is CC(=O)C(C)n1c(CCCNC(=O)C(C)(C)C)nc2ccccc21. The lowest BCUT2D eigenvalue weighted by atomic mass is 9.96. The Morgan fingerprint density at radius 1 is 1.25 bits per heavy atom. The molecule has 0 spiro atoms. The van der Waals surface area contributed by atoms with Crippen LogP contribution in [0.2, 0.25) is 0 Å².